The van der Waals surface area contributed by atoms with Crippen molar-refractivity contribution < 1.29 is 13.2 Å². The van der Waals surface area contributed by atoms with E-state index in [1.165, 1.54) is 16.4 Å². The zero-order valence-corrected chi connectivity index (χ0v) is 15.0. The fourth-order valence-electron chi connectivity index (χ4n) is 3.09. The zero-order chi connectivity index (χ0) is 18.3. The van der Waals surface area contributed by atoms with Gasteiger partial charge in [0.2, 0.25) is 10.0 Å². The molecular formula is C16H19N5O4S. The first-order chi connectivity index (χ1) is 12.5. The minimum Gasteiger partial charge on any atom is -0.371 e. The van der Waals surface area contributed by atoms with Gasteiger partial charge in [0.25, 0.3) is 0 Å². The number of rotatable bonds is 4. The average Bonchev–Trinajstić information content (AvgIpc) is 3.26. The molecule has 1 fully saturated rings. The molecule has 0 radical (unpaired) electrons. The molecule has 0 aliphatic carbocycles. The SMILES string of the molecule is CCn1cc([C@@H]2CN(S(=O)(=O)c3ccc4[nH]c(=O)[nH]c4c3)CCO2)cn1. The minimum absolute atomic E-state index is 0.144. The van der Waals surface area contributed by atoms with Crippen LogP contribution in [0, 0.1) is 0 Å². The van der Waals surface area contributed by atoms with Gasteiger partial charge in [-0.3, -0.25) is 4.68 Å². The van der Waals surface area contributed by atoms with Crippen LogP contribution >= 0.6 is 0 Å². The Hall–Kier alpha value is -2.43. The monoisotopic (exact) mass is 377 g/mol. The first kappa shape index (κ1) is 17.0. The standard InChI is InChI=1S/C16H19N5O4S/c1-2-20-9-11(8-17-20)15-10-21(5-6-25-15)26(23,24)12-3-4-13-14(7-12)19-16(22)18-13/h3-4,7-9,15H,2,5-6,10H2,1H3,(H2,18,19,22)/t15-/m0/s1. The number of morpholine rings is 1. The lowest BCUT2D eigenvalue weighted by Gasteiger charge is -2.31. The number of benzene rings is 1. The van der Waals surface area contributed by atoms with Gasteiger partial charge in [0, 0.05) is 31.4 Å². The van der Waals surface area contributed by atoms with Crippen LogP contribution in [0.5, 0.6) is 0 Å². The lowest BCUT2D eigenvalue weighted by molar-refractivity contribution is -0.00260. The molecule has 3 aromatic rings. The first-order valence-corrected chi connectivity index (χ1v) is 9.77. The third-order valence-electron chi connectivity index (χ3n) is 4.50. The fourth-order valence-corrected chi connectivity index (χ4v) is 4.54. The van der Waals surface area contributed by atoms with Gasteiger partial charge in [0.05, 0.1) is 34.8 Å². The van der Waals surface area contributed by atoms with E-state index in [-0.39, 0.29) is 29.8 Å². The summed E-state index contributed by atoms with van der Waals surface area (Å²) in [4.78, 5) is 16.7. The molecule has 3 heterocycles. The Labute approximate surface area is 149 Å². The number of sulfonamides is 1. The summed E-state index contributed by atoms with van der Waals surface area (Å²) in [5.74, 6) is 0. The molecule has 138 valence electrons. The number of nitrogens with one attached hydrogen (secondary N) is 2. The summed E-state index contributed by atoms with van der Waals surface area (Å²) in [5.41, 5.74) is 1.52. The van der Waals surface area contributed by atoms with E-state index in [1.807, 2.05) is 13.1 Å². The number of fused-ring (bicyclic) bond motifs is 1. The van der Waals surface area contributed by atoms with Crippen molar-refractivity contribution in [2.45, 2.75) is 24.5 Å². The number of aromatic nitrogens is 4. The molecule has 1 saturated heterocycles. The third kappa shape index (κ3) is 2.96. The molecule has 1 atom stereocenters. The van der Waals surface area contributed by atoms with Crippen molar-refractivity contribution in [1.29, 1.82) is 0 Å². The maximum Gasteiger partial charge on any atom is 0.323 e. The summed E-state index contributed by atoms with van der Waals surface area (Å²) in [6.07, 6.45) is 3.23. The number of H-pyrrole nitrogens is 2. The number of nitrogens with zero attached hydrogens (tertiary/aromatic N) is 3. The summed E-state index contributed by atoms with van der Waals surface area (Å²) in [5, 5.41) is 4.22. The van der Waals surface area contributed by atoms with Crippen LogP contribution in [-0.4, -0.2) is 52.2 Å². The molecule has 0 saturated carbocycles. The summed E-state index contributed by atoms with van der Waals surface area (Å²) >= 11 is 0. The maximum atomic E-state index is 13.0. The Morgan fingerprint density at radius 2 is 2.12 bits per heavy atom. The molecule has 0 bridgehead atoms. The predicted octanol–water partition coefficient (Wildman–Crippen LogP) is 0.835. The highest BCUT2D eigenvalue weighted by molar-refractivity contribution is 7.89. The topological polar surface area (TPSA) is 113 Å². The minimum atomic E-state index is -3.69. The summed E-state index contributed by atoms with van der Waals surface area (Å²) < 4.78 is 35.0. The normalized spacial score (nSPS) is 19.2. The van der Waals surface area contributed by atoms with Gasteiger partial charge in [-0.2, -0.15) is 9.40 Å². The molecular weight excluding hydrogens is 358 g/mol. The summed E-state index contributed by atoms with van der Waals surface area (Å²) in [6.45, 7) is 3.53. The lowest BCUT2D eigenvalue weighted by atomic mass is 10.2. The second-order valence-electron chi connectivity index (χ2n) is 6.14. The van der Waals surface area contributed by atoms with E-state index in [1.54, 1.807) is 16.9 Å². The highest BCUT2D eigenvalue weighted by Crippen LogP contribution is 2.27. The molecule has 26 heavy (non-hydrogen) atoms. The largest absolute Gasteiger partial charge is 0.371 e. The Balaban J connectivity index is 1.62. The van der Waals surface area contributed by atoms with Gasteiger partial charge in [0.15, 0.2) is 0 Å². The van der Waals surface area contributed by atoms with Gasteiger partial charge >= 0.3 is 5.69 Å². The van der Waals surface area contributed by atoms with Crippen molar-refractivity contribution in [1.82, 2.24) is 24.1 Å². The van der Waals surface area contributed by atoms with E-state index < -0.39 is 10.0 Å². The van der Waals surface area contributed by atoms with Gasteiger partial charge in [-0.05, 0) is 25.1 Å². The number of aryl methyl sites for hydroxylation is 1. The third-order valence-corrected chi connectivity index (χ3v) is 6.36. The van der Waals surface area contributed by atoms with Gasteiger partial charge in [0.1, 0.15) is 0 Å². The maximum absolute atomic E-state index is 13.0. The van der Waals surface area contributed by atoms with E-state index in [0.717, 1.165) is 12.1 Å². The fraction of sp³-hybridized carbons (Fsp3) is 0.375. The van der Waals surface area contributed by atoms with Crippen molar-refractivity contribution in [3.8, 4) is 0 Å². The second kappa shape index (κ2) is 6.38. The Kier molecular flexibility index (Phi) is 4.17. The van der Waals surface area contributed by atoms with E-state index in [0.29, 0.717) is 17.6 Å². The lowest BCUT2D eigenvalue weighted by Crippen LogP contribution is -2.42. The van der Waals surface area contributed by atoms with Gasteiger partial charge in [-0.1, -0.05) is 0 Å². The molecule has 0 unspecified atom stereocenters. The molecule has 1 aliphatic heterocycles. The molecule has 0 spiro atoms. The van der Waals surface area contributed by atoms with Crippen molar-refractivity contribution in [3.63, 3.8) is 0 Å². The molecule has 9 nitrogen and oxygen atoms in total. The molecule has 10 heteroatoms. The second-order valence-corrected chi connectivity index (χ2v) is 8.08. The molecule has 1 aromatic carbocycles. The van der Waals surface area contributed by atoms with Crippen molar-refractivity contribution in [2.75, 3.05) is 19.7 Å². The van der Waals surface area contributed by atoms with Crippen LogP contribution in [0.2, 0.25) is 0 Å². The van der Waals surface area contributed by atoms with Gasteiger partial charge in [-0.15, -0.1) is 0 Å². The zero-order valence-electron chi connectivity index (χ0n) is 14.2. The van der Waals surface area contributed by atoms with Crippen molar-refractivity contribution in [2.24, 2.45) is 0 Å². The van der Waals surface area contributed by atoms with Crippen LogP contribution < -0.4 is 5.69 Å². The average molecular weight is 377 g/mol. The summed E-state index contributed by atoms with van der Waals surface area (Å²) in [6, 6.07) is 4.56. The predicted molar refractivity (Wildman–Crippen MR) is 94.3 cm³/mol. The smallest absolute Gasteiger partial charge is 0.323 e. The Bertz CT molecular complexity index is 1100. The van der Waals surface area contributed by atoms with Crippen molar-refractivity contribution in [3.05, 3.63) is 46.6 Å². The van der Waals surface area contributed by atoms with E-state index >= 15 is 0 Å². The number of hydrogen-bond donors (Lipinski definition) is 2. The van der Waals surface area contributed by atoms with Crippen LogP contribution in [0.1, 0.15) is 18.6 Å². The molecule has 2 aromatic heterocycles. The number of imidazole rings is 1. The van der Waals surface area contributed by atoms with E-state index in [2.05, 4.69) is 15.1 Å². The molecule has 4 rings (SSSR count). The van der Waals surface area contributed by atoms with Crippen LogP contribution in [0.4, 0.5) is 0 Å². The highest BCUT2D eigenvalue weighted by Gasteiger charge is 2.32. The highest BCUT2D eigenvalue weighted by atomic mass is 32.2. The number of aromatic amines is 2. The molecule has 0 amide bonds. The van der Waals surface area contributed by atoms with Crippen LogP contribution in [0.3, 0.4) is 0 Å². The van der Waals surface area contributed by atoms with Gasteiger partial charge < -0.3 is 14.7 Å². The van der Waals surface area contributed by atoms with Gasteiger partial charge in [-0.25, -0.2) is 13.2 Å². The van der Waals surface area contributed by atoms with Crippen molar-refractivity contribution >= 4 is 21.1 Å². The quantitative estimate of drug-likeness (QED) is 0.699. The summed E-state index contributed by atoms with van der Waals surface area (Å²) in [7, 11) is -3.69. The van der Waals surface area contributed by atoms with Crippen LogP contribution in [0.25, 0.3) is 11.0 Å². The first-order valence-electron chi connectivity index (χ1n) is 8.33. The molecule has 2 N–H and O–H groups in total. The molecule has 1 aliphatic rings. The number of hydrogen-bond acceptors (Lipinski definition) is 5. The van der Waals surface area contributed by atoms with E-state index in [4.69, 9.17) is 4.74 Å². The van der Waals surface area contributed by atoms with E-state index in [9.17, 15) is 13.2 Å². The van der Waals surface area contributed by atoms with Crippen LogP contribution in [0.15, 0.2) is 40.3 Å². The Morgan fingerprint density at radius 1 is 1.31 bits per heavy atom. The van der Waals surface area contributed by atoms with Crippen LogP contribution in [-0.2, 0) is 21.3 Å². The number of ether oxygens (including phenoxy) is 1. The Morgan fingerprint density at radius 3 is 2.88 bits per heavy atom.